The largest absolute Gasteiger partial charge is 0.433 e. The third-order valence-electron chi connectivity index (χ3n) is 4.17. The molecule has 0 saturated carbocycles. The van der Waals surface area contributed by atoms with Crippen molar-refractivity contribution >= 4 is 0 Å². The van der Waals surface area contributed by atoms with Crippen LogP contribution in [-0.4, -0.2) is 33.8 Å². The van der Waals surface area contributed by atoms with Crippen LogP contribution < -0.4 is 0 Å². The van der Waals surface area contributed by atoms with Gasteiger partial charge in [0.05, 0.1) is 12.1 Å². The van der Waals surface area contributed by atoms with Crippen molar-refractivity contribution in [2.45, 2.75) is 39.0 Å². The molecule has 0 N–H and O–H groups in total. The average molecular weight is 406 g/mol. The zero-order chi connectivity index (χ0) is 21.9. The van der Waals surface area contributed by atoms with Crippen molar-refractivity contribution in [3.8, 4) is 0 Å². The van der Waals surface area contributed by atoms with Crippen molar-refractivity contribution in [1.29, 1.82) is 0 Å². The Morgan fingerprint density at radius 1 is 1.14 bits per heavy atom. The van der Waals surface area contributed by atoms with Gasteiger partial charge >= 0.3 is 6.18 Å². The van der Waals surface area contributed by atoms with E-state index in [4.69, 9.17) is 0 Å². The zero-order valence-electron chi connectivity index (χ0n) is 17.3. The van der Waals surface area contributed by atoms with Crippen LogP contribution in [-0.2, 0) is 6.18 Å². The summed E-state index contributed by atoms with van der Waals surface area (Å²) in [6, 6.07) is 0.683. The molecule has 6 heteroatoms. The fourth-order valence-corrected chi connectivity index (χ4v) is 2.90. The van der Waals surface area contributed by atoms with Gasteiger partial charge in [-0.05, 0) is 32.4 Å². The van der Waals surface area contributed by atoms with Crippen LogP contribution in [0.2, 0.25) is 0 Å². The molecule has 1 aliphatic rings. The maximum absolute atomic E-state index is 13.0. The summed E-state index contributed by atoms with van der Waals surface area (Å²) < 4.78 is 40.2. The summed E-state index contributed by atoms with van der Waals surface area (Å²) in [7, 11) is 0. The molecule has 0 bridgehead atoms. The van der Waals surface area contributed by atoms with E-state index in [1.54, 1.807) is 6.08 Å². The molecule has 2 heterocycles. The van der Waals surface area contributed by atoms with Crippen molar-refractivity contribution in [3.05, 3.63) is 91.4 Å². The van der Waals surface area contributed by atoms with Gasteiger partial charge in [-0.25, -0.2) is 0 Å². The molecular formula is C23H30F3N3. The van der Waals surface area contributed by atoms with Gasteiger partial charge in [0.25, 0.3) is 0 Å². The van der Waals surface area contributed by atoms with Crippen LogP contribution in [0.1, 0.15) is 32.5 Å². The molecule has 3 nitrogen and oxygen atoms in total. The lowest BCUT2D eigenvalue weighted by Gasteiger charge is -2.44. The number of hydrogen-bond acceptors (Lipinski definition) is 2. The Morgan fingerprint density at radius 3 is 2.31 bits per heavy atom. The molecule has 0 radical (unpaired) electrons. The zero-order valence-corrected chi connectivity index (χ0v) is 17.3. The predicted molar refractivity (Wildman–Crippen MR) is 115 cm³/mol. The Kier molecular flexibility index (Phi) is 10.2. The van der Waals surface area contributed by atoms with Crippen molar-refractivity contribution in [2.24, 2.45) is 0 Å². The van der Waals surface area contributed by atoms with Gasteiger partial charge in [0.15, 0.2) is 0 Å². The van der Waals surface area contributed by atoms with E-state index in [0.29, 0.717) is 13.1 Å². The highest BCUT2D eigenvalue weighted by Crippen LogP contribution is 2.34. The smallest absolute Gasteiger partial charge is 0.289 e. The second-order valence-corrected chi connectivity index (χ2v) is 6.49. The third-order valence-corrected chi connectivity index (χ3v) is 4.17. The van der Waals surface area contributed by atoms with E-state index in [1.807, 2.05) is 69.4 Å². The predicted octanol–water partition coefficient (Wildman–Crippen LogP) is 6.14. The summed E-state index contributed by atoms with van der Waals surface area (Å²) >= 11 is 0. The van der Waals surface area contributed by atoms with Gasteiger partial charge in [0, 0.05) is 19.3 Å². The monoisotopic (exact) mass is 405 g/mol. The summed E-state index contributed by atoms with van der Waals surface area (Å²) in [4.78, 5) is 2.09. The fourth-order valence-electron chi connectivity index (χ4n) is 2.90. The molecule has 1 aromatic heterocycles. The summed E-state index contributed by atoms with van der Waals surface area (Å²) in [5, 5.41) is 3.87. The molecule has 0 aromatic carbocycles. The first-order valence-electron chi connectivity index (χ1n) is 9.49. The van der Waals surface area contributed by atoms with Gasteiger partial charge in [-0.2, -0.15) is 18.3 Å². The fraction of sp³-hybridized carbons (Fsp3) is 0.348. The van der Waals surface area contributed by atoms with Crippen LogP contribution in [0.25, 0.3) is 0 Å². The van der Waals surface area contributed by atoms with Gasteiger partial charge in [0.1, 0.15) is 5.69 Å². The van der Waals surface area contributed by atoms with Crippen molar-refractivity contribution in [3.63, 3.8) is 0 Å². The summed E-state index contributed by atoms with van der Waals surface area (Å²) in [5.41, 5.74) is 0.203. The quantitative estimate of drug-likeness (QED) is 0.401. The van der Waals surface area contributed by atoms with E-state index in [9.17, 15) is 13.2 Å². The van der Waals surface area contributed by atoms with Crippen LogP contribution >= 0.6 is 0 Å². The molecule has 0 spiro atoms. The van der Waals surface area contributed by atoms with Crippen LogP contribution in [0.4, 0.5) is 13.2 Å². The molecule has 158 valence electrons. The van der Waals surface area contributed by atoms with Crippen LogP contribution in [0.3, 0.4) is 0 Å². The molecule has 1 unspecified atom stereocenters. The van der Waals surface area contributed by atoms with Crippen LogP contribution in [0.15, 0.2) is 85.7 Å². The Bertz CT molecular complexity index is 761. The number of halogens is 3. The molecule has 1 atom stereocenters. The normalized spacial score (nSPS) is 17.0. The van der Waals surface area contributed by atoms with Gasteiger partial charge in [-0.3, -0.25) is 9.58 Å². The lowest BCUT2D eigenvalue weighted by Crippen LogP contribution is -2.53. The Morgan fingerprint density at radius 2 is 1.76 bits per heavy atom. The number of alkyl halides is 3. The van der Waals surface area contributed by atoms with Crippen molar-refractivity contribution in [2.75, 3.05) is 13.1 Å². The SMILES string of the molecule is C=C(/C=C\C)C(/C=C/C=C\C=C/C)N1CC(n2nccc2C(F)(F)F)C1.C=CC. The first-order chi connectivity index (χ1) is 13.8. The summed E-state index contributed by atoms with van der Waals surface area (Å²) in [6.45, 7) is 14.2. The molecule has 0 aliphatic carbocycles. The van der Waals surface area contributed by atoms with E-state index in [-0.39, 0.29) is 12.1 Å². The minimum absolute atomic E-state index is 0.0531. The first kappa shape index (κ1) is 24.4. The number of nitrogens with zero attached hydrogens (tertiary/aromatic N) is 3. The van der Waals surface area contributed by atoms with Crippen molar-refractivity contribution < 1.29 is 13.2 Å². The van der Waals surface area contributed by atoms with Gasteiger partial charge in [-0.1, -0.05) is 61.3 Å². The molecule has 29 heavy (non-hydrogen) atoms. The summed E-state index contributed by atoms with van der Waals surface area (Å²) in [6.07, 6.45) is 14.0. The molecular weight excluding hydrogens is 375 g/mol. The first-order valence-corrected chi connectivity index (χ1v) is 9.49. The van der Waals surface area contributed by atoms with Gasteiger partial charge in [-0.15, -0.1) is 6.58 Å². The average Bonchev–Trinajstić information content (AvgIpc) is 3.09. The number of likely N-dealkylation sites (tertiary alicyclic amines) is 1. The topological polar surface area (TPSA) is 21.1 Å². The Hall–Kier alpha value is -2.60. The second kappa shape index (κ2) is 12.1. The number of allylic oxidation sites excluding steroid dienone is 7. The molecule has 0 amide bonds. The molecule has 1 aromatic rings. The molecule has 1 saturated heterocycles. The molecule has 1 fully saturated rings. The van der Waals surface area contributed by atoms with Gasteiger partial charge < -0.3 is 0 Å². The second-order valence-electron chi connectivity index (χ2n) is 6.49. The highest BCUT2D eigenvalue weighted by atomic mass is 19.4. The van der Waals surface area contributed by atoms with E-state index in [0.717, 1.165) is 16.3 Å². The molecule has 2 rings (SSSR count). The lowest BCUT2D eigenvalue weighted by atomic mass is 9.99. The number of rotatable bonds is 7. The van der Waals surface area contributed by atoms with E-state index in [2.05, 4.69) is 23.2 Å². The standard InChI is InChI=1S/C20H24F3N3.C3H6/c1-4-6-7-8-9-11-18(16(3)10-5-2)25-14-17(15-25)26-19(12-13-24-26)20(21,22)23;1-3-2/h4-13,17-18H,3,14-15H2,1-2H3;3H,1H2,2H3/b6-4-,8-7-,10-5-,11-9+;. The highest BCUT2D eigenvalue weighted by molar-refractivity contribution is 5.29. The number of hydrogen-bond donors (Lipinski definition) is 0. The highest BCUT2D eigenvalue weighted by Gasteiger charge is 2.40. The maximum Gasteiger partial charge on any atom is 0.433 e. The van der Waals surface area contributed by atoms with E-state index < -0.39 is 11.9 Å². The lowest BCUT2D eigenvalue weighted by molar-refractivity contribution is -0.146. The van der Waals surface area contributed by atoms with Crippen LogP contribution in [0.5, 0.6) is 0 Å². The van der Waals surface area contributed by atoms with E-state index >= 15 is 0 Å². The summed E-state index contributed by atoms with van der Waals surface area (Å²) in [5.74, 6) is 0. The Balaban J connectivity index is 0.00000132. The Labute approximate surface area is 171 Å². The van der Waals surface area contributed by atoms with Crippen molar-refractivity contribution in [1.82, 2.24) is 14.7 Å². The number of aromatic nitrogens is 2. The minimum Gasteiger partial charge on any atom is -0.289 e. The van der Waals surface area contributed by atoms with E-state index in [1.165, 1.54) is 6.20 Å². The van der Waals surface area contributed by atoms with Gasteiger partial charge in [0.2, 0.25) is 0 Å². The van der Waals surface area contributed by atoms with Crippen LogP contribution in [0, 0.1) is 0 Å². The minimum atomic E-state index is -4.39. The maximum atomic E-state index is 13.0. The molecule has 1 aliphatic heterocycles. The third kappa shape index (κ3) is 7.38.